The predicted octanol–water partition coefficient (Wildman–Crippen LogP) is 4.98. The maximum absolute atomic E-state index is 13.6. The van der Waals surface area contributed by atoms with Crippen molar-refractivity contribution in [1.82, 2.24) is 9.97 Å². The summed E-state index contributed by atoms with van der Waals surface area (Å²) in [5.41, 5.74) is 2.47. The Hall–Kier alpha value is -2.66. The first-order chi connectivity index (χ1) is 12.1. The number of hydrogen-bond donors (Lipinski definition) is 2. The van der Waals surface area contributed by atoms with E-state index in [4.69, 9.17) is 11.6 Å². The van der Waals surface area contributed by atoms with Crippen molar-refractivity contribution in [2.24, 2.45) is 0 Å². The van der Waals surface area contributed by atoms with Gasteiger partial charge in [-0.3, -0.25) is 0 Å². The molecule has 2 N–H and O–H groups in total. The number of rotatable bonds is 6. The maximum Gasteiger partial charge on any atom is 0.229 e. The van der Waals surface area contributed by atoms with Gasteiger partial charge >= 0.3 is 0 Å². The summed E-state index contributed by atoms with van der Waals surface area (Å²) in [6.07, 6.45) is 2.24. The molecule has 0 saturated carbocycles. The first-order valence-corrected chi connectivity index (χ1v) is 8.34. The van der Waals surface area contributed by atoms with Gasteiger partial charge in [-0.05, 0) is 48.7 Å². The molecular weight excluding hydrogens is 339 g/mol. The number of hydrogen-bond acceptors (Lipinski definition) is 4. The lowest BCUT2D eigenvalue weighted by molar-refractivity contribution is 0.610. The summed E-state index contributed by atoms with van der Waals surface area (Å²) >= 11 is 6.13. The van der Waals surface area contributed by atoms with E-state index in [2.05, 4.69) is 20.6 Å². The van der Waals surface area contributed by atoms with Crippen molar-refractivity contribution in [2.45, 2.75) is 13.3 Å². The van der Waals surface area contributed by atoms with Crippen LogP contribution >= 0.6 is 11.6 Å². The van der Waals surface area contributed by atoms with Crippen molar-refractivity contribution in [2.75, 3.05) is 17.2 Å². The van der Waals surface area contributed by atoms with Crippen LogP contribution in [0.1, 0.15) is 11.1 Å². The summed E-state index contributed by atoms with van der Waals surface area (Å²) in [4.78, 5) is 8.64. The molecule has 128 valence electrons. The molecule has 0 atom stereocenters. The van der Waals surface area contributed by atoms with Gasteiger partial charge in [-0.15, -0.1) is 0 Å². The van der Waals surface area contributed by atoms with E-state index < -0.39 is 0 Å². The number of nitrogens with zero attached hydrogens (tertiary/aromatic N) is 2. The van der Waals surface area contributed by atoms with E-state index in [1.807, 2.05) is 31.2 Å². The Labute approximate surface area is 151 Å². The van der Waals surface area contributed by atoms with Crippen LogP contribution in [0.15, 0.2) is 54.7 Å². The van der Waals surface area contributed by atoms with Gasteiger partial charge in [0.2, 0.25) is 5.95 Å². The van der Waals surface area contributed by atoms with Crippen molar-refractivity contribution in [3.63, 3.8) is 0 Å². The van der Waals surface area contributed by atoms with Crippen LogP contribution in [0.5, 0.6) is 0 Å². The molecule has 0 unspecified atom stereocenters. The van der Waals surface area contributed by atoms with E-state index in [0.717, 1.165) is 11.3 Å². The second kappa shape index (κ2) is 7.94. The molecule has 0 aliphatic rings. The van der Waals surface area contributed by atoms with Gasteiger partial charge in [0.25, 0.3) is 0 Å². The van der Waals surface area contributed by atoms with E-state index in [-0.39, 0.29) is 5.82 Å². The van der Waals surface area contributed by atoms with Crippen LogP contribution in [0.4, 0.5) is 21.8 Å². The molecular formula is C19H18ClFN4. The lowest BCUT2D eigenvalue weighted by atomic mass is 10.1. The molecule has 0 spiro atoms. The largest absolute Gasteiger partial charge is 0.370 e. The molecule has 0 radical (unpaired) electrons. The van der Waals surface area contributed by atoms with Crippen LogP contribution in [0, 0.1) is 12.7 Å². The standard InChI is InChI=1S/C19H18ClFN4/c1-13-15(20)6-4-8-17(13)24-19-23-12-10-18(25-19)22-11-9-14-5-2-3-7-16(14)21/h2-8,10,12H,9,11H2,1H3,(H2,22,23,24,25). The zero-order valence-corrected chi connectivity index (χ0v) is 14.5. The third-order valence-electron chi connectivity index (χ3n) is 3.83. The minimum atomic E-state index is -0.189. The zero-order valence-electron chi connectivity index (χ0n) is 13.8. The van der Waals surface area contributed by atoms with Crippen molar-refractivity contribution in [1.29, 1.82) is 0 Å². The van der Waals surface area contributed by atoms with Crippen molar-refractivity contribution in [3.8, 4) is 0 Å². The Morgan fingerprint density at radius 1 is 1.08 bits per heavy atom. The Morgan fingerprint density at radius 2 is 1.92 bits per heavy atom. The topological polar surface area (TPSA) is 49.8 Å². The fourth-order valence-electron chi connectivity index (χ4n) is 2.41. The van der Waals surface area contributed by atoms with Gasteiger partial charge in [0.15, 0.2) is 0 Å². The van der Waals surface area contributed by atoms with Gasteiger partial charge in [-0.2, -0.15) is 4.98 Å². The van der Waals surface area contributed by atoms with Crippen LogP contribution in [0.3, 0.4) is 0 Å². The fourth-order valence-corrected chi connectivity index (χ4v) is 2.58. The number of nitrogens with one attached hydrogen (secondary N) is 2. The minimum Gasteiger partial charge on any atom is -0.370 e. The average molecular weight is 357 g/mol. The molecule has 3 rings (SSSR count). The highest BCUT2D eigenvalue weighted by Gasteiger charge is 2.05. The van der Waals surface area contributed by atoms with E-state index in [1.54, 1.807) is 24.4 Å². The molecule has 4 nitrogen and oxygen atoms in total. The summed E-state index contributed by atoms with van der Waals surface area (Å²) in [7, 11) is 0. The van der Waals surface area contributed by atoms with Gasteiger partial charge in [0, 0.05) is 23.5 Å². The SMILES string of the molecule is Cc1c(Cl)cccc1Nc1nccc(NCCc2ccccc2F)n1. The van der Waals surface area contributed by atoms with E-state index >= 15 is 0 Å². The fraction of sp³-hybridized carbons (Fsp3) is 0.158. The van der Waals surface area contributed by atoms with Crippen molar-refractivity contribution in [3.05, 3.63) is 76.7 Å². The average Bonchev–Trinajstić information content (AvgIpc) is 2.61. The van der Waals surface area contributed by atoms with E-state index in [9.17, 15) is 4.39 Å². The van der Waals surface area contributed by atoms with Crippen molar-refractivity contribution < 1.29 is 4.39 Å². The minimum absolute atomic E-state index is 0.189. The van der Waals surface area contributed by atoms with E-state index in [0.29, 0.717) is 35.3 Å². The van der Waals surface area contributed by atoms with Crippen LogP contribution in [0.2, 0.25) is 5.02 Å². The summed E-state index contributed by atoms with van der Waals surface area (Å²) in [5, 5.41) is 7.04. The van der Waals surface area contributed by atoms with E-state index in [1.165, 1.54) is 6.07 Å². The molecule has 3 aromatic rings. The summed E-state index contributed by atoms with van der Waals surface area (Å²) in [5.74, 6) is 0.959. The monoisotopic (exact) mass is 356 g/mol. The zero-order chi connectivity index (χ0) is 17.6. The number of anilines is 3. The molecule has 0 bridgehead atoms. The van der Waals surface area contributed by atoms with Crippen LogP contribution in [0.25, 0.3) is 0 Å². The second-order valence-electron chi connectivity index (χ2n) is 5.57. The second-order valence-corrected chi connectivity index (χ2v) is 5.98. The molecule has 0 aliphatic carbocycles. The first kappa shape index (κ1) is 17.2. The molecule has 0 amide bonds. The quantitative estimate of drug-likeness (QED) is 0.654. The van der Waals surface area contributed by atoms with Gasteiger partial charge in [0.1, 0.15) is 11.6 Å². The van der Waals surface area contributed by atoms with Gasteiger partial charge in [0.05, 0.1) is 0 Å². The summed E-state index contributed by atoms with van der Waals surface area (Å²) in [6, 6.07) is 14.2. The number of halogens is 2. The highest BCUT2D eigenvalue weighted by Crippen LogP contribution is 2.25. The van der Waals surface area contributed by atoms with Gasteiger partial charge in [-0.25, -0.2) is 9.37 Å². The normalized spacial score (nSPS) is 10.5. The number of benzene rings is 2. The maximum atomic E-state index is 13.6. The molecule has 1 aromatic heterocycles. The Balaban J connectivity index is 1.63. The third-order valence-corrected chi connectivity index (χ3v) is 4.24. The summed E-state index contributed by atoms with van der Waals surface area (Å²) in [6.45, 7) is 2.51. The Morgan fingerprint density at radius 3 is 2.76 bits per heavy atom. The van der Waals surface area contributed by atoms with Gasteiger partial charge < -0.3 is 10.6 Å². The highest BCUT2D eigenvalue weighted by atomic mass is 35.5. The van der Waals surface area contributed by atoms with Crippen LogP contribution in [-0.2, 0) is 6.42 Å². The van der Waals surface area contributed by atoms with Crippen LogP contribution in [-0.4, -0.2) is 16.5 Å². The lowest BCUT2D eigenvalue weighted by Crippen LogP contribution is -2.08. The Kier molecular flexibility index (Phi) is 5.46. The van der Waals surface area contributed by atoms with Crippen molar-refractivity contribution >= 4 is 29.1 Å². The molecule has 0 saturated heterocycles. The number of aromatic nitrogens is 2. The third kappa shape index (κ3) is 4.45. The van der Waals surface area contributed by atoms with Gasteiger partial charge in [-0.1, -0.05) is 35.9 Å². The first-order valence-electron chi connectivity index (χ1n) is 7.96. The molecule has 2 aromatic carbocycles. The smallest absolute Gasteiger partial charge is 0.229 e. The molecule has 0 aliphatic heterocycles. The van der Waals surface area contributed by atoms with Crippen LogP contribution < -0.4 is 10.6 Å². The highest BCUT2D eigenvalue weighted by molar-refractivity contribution is 6.31. The Bertz CT molecular complexity index is 870. The lowest BCUT2D eigenvalue weighted by Gasteiger charge is -2.11. The molecule has 1 heterocycles. The molecule has 6 heteroatoms. The molecule has 0 fully saturated rings. The predicted molar refractivity (Wildman–Crippen MR) is 100 cm³/mol. The molecule has 25 heavy (non-hydrogen) atoms. The summed E-state index contributed by atoms with van der Waals surface area (Å²) < 4.78 is 13.6.